The molecule has 0 radical (unpaired) electrons. The number of thiazole rings is 1. The van der Waals surface area contributed by atoms with E-state index in [0.717, 1.165) is 17.1 Å². The zero-order chi connectivity index (χ0) is 14.0. The highest BCUT2D eigenvalue weighted by Crippen LogP contribution is 2.36. The van der Waals surface area contributed by atoms with Gasteiger partial charge in [0.05, 0.1) is 16.3 Å². The molecule has 0 unspecified atom stereocenters. The number of rotatable bonds is 4. The predicted molar refractivity (Wildman–Crippen MR) is 79.4 cm³/mol. The molecule has 0 amide bonds. The van der Waals surface area contributed by atoms with Crippen molar-refractivity contribution >= 4 is 22.9 Å². The summed E-state index contributed by atoms with van der Waals surface area (Å²) in [6.45, 7) is 4.90. The largest absolute Gasteiger partial charge is 0.315 e. The van der Waals surface area contributed by atoms with Gasteiger partial charge in [0.15, 0.2) is 0 Å². The monoisotopic (exact) mass is 298 g/mol. The van der Waals surface area contributed by atoms with Crippen molar-refractivity contribution in [2.45, 2.75) is 26.3 Å². The first kappa shape index (κ1) is 14.4. The van der Waals surface area contributed by atoms with Gasteiger partial charge in [-0.3, -0.25) is 0 Å². The van der Waals surface area contributed by atoms with Crippen molar-refractivity contribution in [3.8, 4) is 10.6 Å². The first-order valence-corrected chi connectivity index (χ1v) is 7.32. The van der Waals surface area contributed by atoms with Crippen molar-refractivity contribution in [1.29, 1.82) is 0 Å². The second kappa shape index (κ2) is 5.99. The molecule has 0 aliphatic heterocycles. The van der Waals surface area contributed by atoms with Crippen molar-refractivity contribution in [2.75, 3.05) is 7.05 Å². The SMILES string of the molecule is CNCc1sc(-c2c(F)cccc2Cl)nc1C(C)C. The number of benzene rings is 1. The van der Waals surface area contributed by atoms with Crippen LogP contribution in [0.1, 0.15) is 30.3 Å². The Balaban J connectivity index is 2.54. The van der Waals surface area contributed by atoms with Gasteiger partial charge in [-0.1, -0.05) is 31.5 Å². The smallest absolute Gasteiger partial charge is 0.134 e. The van der Waals surface area contributed by atoms with Gasteiger partial charge in [-0.2, -0.15) is 0 Å². The zero-order valence-electron chi connectivity index (χ0n) is 11.1. The third-order valence-corrected chi connectivity index (χ3v) is 4.19. The van der Waals surface area contributed by atoms with Crippen molar-refractivity contribution in [3.63, 3.8) is 0 Å². The fourth-order valence-corrected chi connectivity index (χ4v) is 3.51. The lowest BCUT2D eigenvalue weighted by Crippen LogP contribution is -2.06. The molecular formula is C14H16ClFN2S. The van der Waals surface area contributed by atoms with E-state index in [-0.39, 0.29) is 5.82 Å². The first-order valence-electron chi connectivity index (χ1n) is 6.13. The van der Waals surface area contributed by atoms with Crippen LogP contribution in [0.15, 0.2) is 18.2 Å². The van der Waals surface area contributed by atoms with E-state index in [9.17, 15) is 4.39 Å². The fourth-order valence-electron chi connectivity index (χ4n) is 1.91. The molecule has 0 spiro atoms. The molecule has 1 aromatic heterocycles. The van der Waals surface area contributed by atoms with E-state index < -0.39 is 0 Å². The summed E-state index contributed by atoms with van der Waals surface area (Å²) in [6, 6.07) is 4.70. The Kier molecular flexibility index (Phi) is 4.55. The van der Waals surface area contributed by atoms with Crippen LogP contribution in [0.2, 0.25) is 5.02 Å². The number of hydrogen-bond donors (Lipinski definition) is 1. The molecule has 19 heavy (non-hydrogen) atoms. The number of nitrogens with zero attached hydrogens (tertiary/aromatic N) is 1. The summed E-state index contributed by atoms with van der Waals surface area (Å²) < 4.78 is 13.9. The van der Waals surface area contributed by atoms with Gasteiger partial charge in [-0.05, 0) is 25.1 Å². The lowest BCUT2D eigenvalue weighted by atomic mass is 10.1. The maximum atomic E-state index is 13.9. The van der Waals surface area contributed by atoms with Gasteiger partial charge in [-0.15, -0.1) is 11.3 Å². The Morgan fingerprint density at radius 1 is 1.42 bits per heavy atom. The zero-order valence-corrected chi connectivity index (χ0v) is 12.7. The van der Waals surface area contributed by atoms with E-state index in [1.54, 1.807) is 12.1 Å². The molecule has 1 N–H and O–H groups in total. The van der Waals surface area contributed by atoms with E-state index in [2.05, 4.69) is 24.1 Å². The van der Waals surface area contributed by atoms with Crippen LogP contribution in [0.25, 0.3) is 10.6 Å². The van der Waals surface area contributed by atoms with Crippen LogP contribution in [0.5, 0.6) is 0 Å². The minimum Gasteiger partial charge on any atom is -0.315 e. The molecule has 0 atom stereocenters. The highest BCUT2D eigenvalue weighted by atomic mass is 35.5. The third kappa shape index (κ3) is 2.96. The summed E-state index contributed by atoms with van der Waals surface area (Å²) in [7, 11) is 1.89. The maximum absolute atomic E-state index is 13.9. The Bertz CT molecular complexity index is 561. The minimum absolute atomic E-state index is 0.305. The summed E-state index contributed by atoms with van der Waals surface area (Å²) in [4.78, 5) is 5.71. The van der Waals surface area contributed by atoms with E-state index in [1.807, 2.05) is 7.05 Å². The first-order chi connectivity index (χ1) is 9.04. The molecule has 1 heterocycles. The van der Waals surface area contributed by atoms with Crippen LogP contribution in [-0.4, -0.2) is 12.0 Å². The predicted octanol–water partition coefficient (Wildman–Crippen LogP) is 4.45. The van der Waals surface area contributed by atoms with Gasteiger partial charge >= 0.3 is 0 Å². The maximum Gasteiger partial charge on any atom is 0.134 e. The Morgan fingerprint density at radius 3 is 2.74 bits per heavy atom. The van der Waals surface area contributed by atoms with Crippen LogP contribution >= 0.6 is 22.9 Å². The molecule has 1 aromatic carbocycles. The van der Waals surface area contributed by atoms with E-state index in [1.165, 1.54) is 17.4 Å². The van der Waals surface area contributed by atoms with Crippen LogP contribution in [-0.2, 0) is 6.54 Å². The number of halogens is 2. The Morgan fingerprint density at radius 2 is 2.16 bits per heavy atom. The summed E-state index contributed by atoms with van der Waals surface area (Å²) in [5.41, 5.74) is 1.41. The molecule has 0 saturated carbocycles. The van der Waals surface area contributed by atoms with Gasteiger partial charge in [0.2, 0.25) is 0 Å². The third-order valence-electron chi connectivity index (χ3n) is 2.79. The average Bonchev–Trinajstić information content (AvgIpc) is 2.73. The number of hydrogen-bond acceptors (Lipinski definition) is 3. The molecule has 0 aliphatic carbocycles. The molecule has 2 nitrogen and oxygen atoms in total. The molecule has 0 aliphatic rings. The van der Waals surface area contributed by atoms with E-state index >= 15 is 0 Å². The second-order valence-corrected chi connectivity index (χ2v) is 6.10. The summed E-state index contributed by atoms with van der Waals surface area (Å²) in [5.74, 6) is -0.0218. The standard InChI is InChI=1S/C14H16ClFN2S/c1-8(2)13-11(7-17-3)19-14(18-13)12-9(15)5-4-6-10(12)16/h4-6,8,17H,7H2,1-3H3. The molecular weight excluding hydrogens is 283 g/mol. The topological polar surface area (TPSA) is 24.9 Å². The Labute approximate surface area is 121 Å². The molecule has 2 rings (SSSR count). The van der Waals surface area contributed by atoms with Crippen LogP contribution < -0.4 is 5.32 Å². The van der Waals surface area contributed by atoms with Gasteiger partial charge in [-0.25, -0.2) is 9.37 Å². The van der Waals surface area contributed by atoms with Crippen LogP contribution in [0.3, 0.4) is 0 Å². The summed E-state index contributed by atoms with van der Waals surface area (Å²) in [6.07, 6.45) is 0. The number of aromatic nitrogens is 1. The molecule has 0 saturated heterocycles. The van der Waals surface area contributed by atoms with Crippen molar-refractivity contribution < 1.29 is 4.39 Å². The second-order valence-electron chi connectivity index (χ2n) is 4.61. The summed E-state index contributed by atoms with van der Waals surface area (Å²) in [5, 5.41) is 4.17. The molecule has 102 valence electrons. The molecule has 0 fully saturated rings. The lowest BCUT2D eigenvalue weighted by Gasteiger charge is -2.03. The number of nitrogens with one attached hydrogen (secondary N) is 1. The van der Waals surface area contributed by atoms with Crippen molar-refractivity contribution in [2.24, 2.45) is 0 Å². The van der Waals surface area contributed by atoms with Crippen LogP contribution in [0.4, 0.5) is 4.39 Å². The quantitative estimate of drug-likeness (QED) is 0.902. The minimum atomic E-state index is -0.326. The van der Waals surface area contributed by atoms with Gasteiger partial charge in [0.1, 0.15) is 10.8 Å². The van der Waals surface area contributed by atoms with Crippen molar-refractivity contribution in [1.82, 2.24) is 10.3 Å². The van der Waals surface area contributed by atoms with Gasteiger partial charge in [0.25, 0.3) is 0 Å². The molecule has 5 heteroatoms. The highest BCUT2D eigenvalue weighted by Gasteiger charge is 2.18. The summed E-state index contributed by atoms with van der Waals surface area (Å²) >= 11 is 7.59. The molecule has 2 aromatic rings. The van der Waals surface area contributed by atoms with Crippen molar-refractivity contribution in [3.05, 3.63) is 39.6 Å². The van der Waals surface area contributed by atoms with Gasteiger partial charge < -0.3 is 5.32 Å². The molecule has 0 bridgehead atoms. The average molecular weight is 299 g/mol. The van der Waals surface area contributed by atoms with E-state index in [4.69, 9.17) is 11.6 Å². The van der Waals surface area contributed by atoms with Crippen LogP contribution in [0, 0.1) is 5.82 Å². The fraction of sp³-hybridized carbons (Fsp3) is 0.357. The highest BCUT2D eigenvalue weighted by molar-refractivity contribution is 7.15. The lowest BCUT2D eigenvalue weighted by molar-refractivity contribution is 0.631. The normalized spacial score (nSPS) is 11.3. The Hall–Kier alpha value is -0.970. The van der Waals surface area contributed by atoms with Gasteiger partial charge in [0, 0.05) is 11.4 Å². The van der Waals surface area contributed by atoms with E-state index in [0.29, 0.717) is 21.5 Å².